The number of nitrogens with zero attached hydrogens (tertiary/aromatic N) is 2. The van der Waals surface area contributed by atoms with Crippen LogP contribution in [0.4, 0.5) is 5.69 Å². The van der Waals surface area contributed by atoms with Gasteiger partial charge in [-0.2, -0.15) is 0 Å². The van der Waals surface area contributed by atoms with Crippen LogP contribution in [0.2, 0.25) is 0 Å². The Morgan fingerprint density at radius 2 is 2.04 bits per heavy atom. The zero-order chi connectivity index (χ0) is 18.6. The molecule has 0 fully saturated rings. The van der Waals surface area contributed by atoms with Gasteiger partial charge in [0.25, 0.3) is 11.2 Å². The van der Waals surface area contributed by atoms with Crippen LogP contribution < -0.4 is 10.3 Å². The second kappa shape index (κ2) is 7.55. The number of nitro benzene ring substituents is 1. The van der Waals surface area contributed by atoms with E-state index in [1.165, 1.54) is 35.9 Å². The third-order valence-electron chi connectivity index (χ3n) is 3.49. The number of hydrogen-bond acceptors (Lipinski definition) is 6. The van der Waals surface area contributed by atoms with E-state index in [-0.39, 0.29) is 29.2 Å². The molecule has 2 aromatic rings. The average molecular weight is 367 g/mol. The summed E-state index contributed by atoms with van der Waals surface area (Å²) in [5, 5.41) is 20.8. The van der Waals surface area contributed by atoms with Crippen LogP contribution in [0.1, 0.15) is 5.56 Å². The fraction of sp³-hybridized carbons (Fsp3) is 0.267. The Hall–Kier alpha value is -2.56. The zero-order valence-corrected chi connectivity index (χ0v) is 14.1. The lowest BCUT2D eigenvalue weighted by Crippen LogP contribution is -2.36. The van der Waals surface area contributed by atoms with E-state index in [1.807, 2.05) is 0 Å². The fourth-order valence-corrected chi connectivity index (χ4v) is 3.51. The van der Waals surface area contributed by atoms with E-state index in [9.17, 15) is 28.4 Å². The first-order valence-electron chi connectivity index (χ1n) is 7.29. The fourth-order valence-electron chi connectivity index (χ4n) is 2.18. The van der Waals surface area contributed by atoms with Crippen LogP contribution in [-0.2, 0) is 16.6 Å². The molecule has 134 valence electrons. The van der Waals surface area contributed by atoms with Gasteiger partial charge in [-0.25, -0.2) is 13.1 Å². The highest BCUT2D eigenvalue weighted by Gasteiger charge is 2.21. The Kier molecular flexibility index (Phi) is 5.67. The summed E-state index contributed by atoms with van der Waals surface area (Å²) in [6.45, 7) is 1.08. The molecule has 1 unspecified atom stereocenters. The Morgan fingerprint density at radius 1 is 1.32 bits per heavy atom. The van der Waals surface area contributed by atoms with Crippen molar-refractivity contribution in [2.75, 3.05) is 6.54 Å². The Labute approximate surface area is 143 Å². The standard InChI is InChI=1S/C15H17N3O6S/c1-11-5-6-12(18(21)22)8-14(11)25(23,24)16-9-13(19)10-17-7-3-2-4-15(17)20/h2-8,13,16,19H,9-10H2,1H3. The number of aliphatic hydroxyl groups excluding tert-OH is 1. The van der Waals surface area contributed by atoms with Crippen molar-refractivity contribution in [2.45, 2.75) is 24.5 Å². The largest absolute Gasteiger partial charge is 0.390 e. The highest BCUT2D eigenvalue weighted by Crippen LogP contribution is 2.21. The van der Waals surface area contributed by atoms with E-state index in [2.05, 4.69) is 4.72 Å². The first-order valence-corrected chi connectivity index (χ1v) is 8.77. The van der Waals surface area contributed by atoms with Crippen LogP contribution in [0, 0.1) is 17.0 Å². The van der Waals surface area contributed by atoms with E-state index in [4.69, 9.17) is 0 Å². The summed E-state index contributed by atoms with van der Waals surface area (Å²) in [6.07, 6.45) is 0.332. The summed E-state index contributed by atoms with van der Waals surface area (Å²) in [5.41, 5.74) is -0.326. The van der Waals surface area contributed by atoms with Gasteiger partial charge in [0.1, 0.15) is 0 Å². The van der Waals surface area contributed by atoms with E-state index in [0.29, 0.717) is 5.56 Å². The minimum absolute atomic E-state index is 0.0872. The quantitative estimate of drug-likeness (QED) is 0.538. The lowest BCUT2D eigenvalue weighted by atomic mass is 10.2. The summed E-state index contributed by atoms with van der Waals surface area (Å²) < 4.78 is 28.1. The molecular formula is C15H17N3O6S. The third-order valence-corrected chi connectivity index (χ3v) is 5.05. The van der Waals surface area contributed by atoms with Gasteiger partial charge in [-0.05, 0) is 18.6 Å². The normalized spacial score (nSPS) is 12.7. The first kappa shape index (κ1) is 18.8. The summed E-state index contributed by atoms with van der Waals surface area (Å²) >= 11 is 0. The molecule has 2 N–H and O–H groups in total. The maximum Gasteiger partial charge on any atom is 0.270 e. The third kappa shape index (κ3) is 4.72. The molecule has 9 nitrogen and oxygen atoms in total. The smallest absolute Gasteiger partial charge is 0.270 e. The second-order valence-corrected chi connectivity index (χ2v) is 7.14. The minimum Gasteiger partial charge on any atom is -0.390 e. The van der Waals surface area contributed by atoms with Gasteiger partial charge in [0, 0.05) is 30.9 Å². The molecule has 0 amide bonds. The monoisotopic (exact) mass is 367 g/mol. The molecule has 1 aromatic carbocycles. The van der Waals surface area contributed by atoms with Crippen LogP contribution in [0.3, 0.4) is 0 Å². The topological polar surface area (TPSA) is 132 Å². The van der Waals surface area contributed by atoms with Crippen molar-refractivity contribution in [1.29, 1.82) is 0 Å². The van der Waals surface area contributed by atoms with Crippen molar-refractivity contribution in [3.63, 3.8) is 0 Å². The maximum atomic E-state index is 12.3. The van der Waals surface area contributed by atoms with E-state index >= 15 is 0 Å². The lowest BCUT2D eigenvalue weighted by Gasteiger charge is -2.14. The van der Waals surface area contributed by atoms with Crippen LogP contribution in [0.15, 0.2) is 52.3 Å². The number of benzene rings is 1. The van der Waals surface area contributed by atoms with Crippen molar-refractivity contribution < 1.29 is 18.4 Å². The SMILES string of the molecule is Cc1ccc([N+](=O)[O-])cc1S(=O)(=O)NCC(O)Cn1ccccc1=O. The van der Waals surface area contributed by atoms with Crippen molar-refractivity contribution in [3.8, 4) is 0 Å². The molecular weight excluding hydrogens is 350 g/mol. The lowest BCUT2D eigenvalue weighted by molar-refractivity contribution is -0.385. The van der Waals surface area contributed by atoms with Crippen molar-refractivity contribution in [2.24, 2.45) is 0 Å². The number of rotatable bonds is 7. The van der Waals surface area contributed by atoms with Gasteiger partial charge in [0.15, 0.2) is 0 Å². The predicted molar refractivity (Wildman–Crippen MR) is 89.7 cm³/mol. The van der Waals surface area contributed by atoms with Gasteiger partial charge < -0.3 is 9.67 Å². The number of aromatic nitrogens is 1. The van der Waals surface area contributed by atoms with Crippen molar-refractivity contribution in [1.82, 2.24) is 9.29 Å². The highest BCUT2D eigenvalue weighted by molar-refractivity contribution is 7.89. The number of aliphatic hydroxyl groups is 1. The molecule has 2 rings (SSSR count). The molecule has 0 bridgehead atoms. The Bertz CT molecular complexity index is 938. The molecule has 0 spiro atoms. The molecule has 0 radical (unpaired) electrons. The van der Waals surface area contributed by atoms with Crippen LogP contribution in [0.5, 0.6) is 0 Å². The molecule has 0 saturated carbocycles. The summed E-state index contributed by atoms with van der Waals surface area (Å²) in [4.78, 5) is 21.5. The molecule has 0 saturated heterocycles. The number of nitrogens with one attached hydrogen (secondary N) is 1. The number of sulfonamides is 1. The van der Waals surface area contributed by atoms with Gasteiger partial charge in [-0.3, -0.25) is 14.9 Å². The Balaban J connectivity index is 2.11. The van der Waals surface area contributed by atoms with Gasteiger partial charge >= 0.3 is 0 Å². The van der Waals surface area contributed by atoms with Gasteiger partial charge in [-0.1, -0.05) is 12.1 Å². The number of non-ortho nitro benzene ring substituents is 1. The van der Waals surface area contributed by atoms with E-state index in [1.54, 1.807) is 12.1 Å². The number of pyridine rings is 1. The zero-order valence-electron chi connectivity index (χ0n) is 13.3. The summed E-state index contributed by atoms with van der Waals surface area (Å²) in [6, 6.07) is 8.01. The molecule has 25 heavy (non-hydrogen) atoms. The molecule has 0 aliphatic carbocycles. The molecule has 10 heteroatoms. The van der Waals surface area contributed by atoms with Gasteiger partial charge in [0.05, 0.1) is 22.5 Å². The first-order chi connectivity index (χ1) is 11.7. The summed E-state index contributed by atoms with van der Waals surface area (Å²) in [5.74, 6) is 0. The van der Waals surface area contributed by atoms with Crippen LogP contribution in [0.25, 0.3) is 0 Å². The molecule has 0 aliphatic rings. The summed E-state index contributed by atoms with van der Waals surface area (Å²) in [7, 11) is -4.05. The van der Waals surface area contributed by atoms with Crippen LogP contribution in [-0.4, -0.2) is 35.7 Å². The maximum absolute atomic E-state index is 12.3. The average Bonchev–Trinajstić information content (AvgIpc) is 2.55. The number of hydrogen-bond donors (Lipinski definition) is 2. The van der Waals surface area contributed by atoms with E-state index in [0.717, 1.165) is 6.07 Å². The number of aryl methyl sites for hydroxylation is 1. The minimum atomic E-state index is -4.05. The molecule has 1 aromatic heterocycles. The molecule has 1 heterocycles. The molecule has 1 atom stereocenters. The number of nitro groups is 1. The van der Waals surface area contributed by atoms with Crippen molar-refractivity contribution >= 4 is 15.7 Å². The predicted octanol–water partition coefficient (Wildman–Crippen LogP) is 0.404. The van der Waals surface area contributed by atoms with Gasteiger partial charge in [-0.15, -0.1) is 0 Å². The van der Waals surface area contributed by atoms with E-state index < -0.39 is 21.1 Å². The molecule has 0 aliphatic heterocycles. The highest BCUT2D eigenvalue weighted by atomic mass is 32.2. The van der Waals surface area contributed by atoms with Gasteiger partial charge in [0.2, 0.25) is 10.0 Å². The Morgan fingerprint density at radius 3 is 2.68 bits per heavy atom. The van der Waals surface area contributed by atoms with Crippen molar-refractivity contribution in [3.05, 3.63) is 68.6 Å². The van der Waals surface area contributed by atoms with Crippen LogP contribution >= 0.6 is 0 Å². The second-order valence-electron chi connectivity index (χ2n) is 5.40.